The molecule has 10 aromatic rings. The average molecular weight is 709 g/mol. The lowest BCUT2D eigenvalue weighted by molar-refractivity contribution is 1.33. The molecule has 56 heavy (non-hydrogen) atoms. The van der Waals surface area contributed by atoms with Gasteiger partial charge in [0.25, 0.3) is 0 Å². The maximum Gasteiger partial charge on any atom is 0.0991 e. The first kappa shape index (κ1) is 31.9. The van der Waals surface area contributed by atoms with Crippen LogP contribution in [0.2, 0.25) is 0 Å². The Balaban J connectivity index is 1.07. The van der Waals surface area contributed by atoms with Crippen molar-refractivity contribution in [3.63, 3.8) is 0 Å². The van der Waals surface area contributed by atoms with Gasteiger partial charge in [-0.2, -0.15) is 5.26 Å². The highest BCUT2D eigenvalue weighted by Crippen LogP contribution is 2.52. The molecule has 0 bridgehead atoms. The molecule has 0 radical (unpaired) electrons. The molecule has 0 fully saturated rings. The van der Waals surface area contributed by atoms with E-state index in [-0.39, 0.29) is 0 Å². The van der Waals surface area contributed by atoms with Gasteiger partial charge in [-0.25, -0.2) is 4.98 Å². The molecule has 1 heterocycles. The molecule has 2 heteroatoms. The number of nitrogens with zero attached hydrogens (tertiary/aromatic N) is 2. The van der Waals surface area contributed by atoms with Crippen LogP contribution in [0.15, 0.2) is 194 Å². The highest BCUT2D eigenvalue weighted by molar-refractivity contribution is 6.22. The summed E-state index contributed by atoms with van der Waals surface area (Å²) in [5, 5.41) is 16.9. The fraction of sp³-hybridized carbons (Fsp3) is 0. The Morgan fingerprint density at radius 2 is 0.714 bits per heavy atom. The average Bonchev–Trinajstić information content (AvgIpc) is 3.60. The predicted octanol–water partition coefficient (Wildman–Crippen LogP) is 14.4. The summed E-state index contributed by atoms with van der Waals surface area (Å²) in [7, 11) is 0. The molecule has 0 amide bonds. The summed E-state index contributed by atoms with van der Waals surface area (Å²) in [5.74, 6) is 0. The molecule has 0 unspecified atom stereocenters. The number of aromatic nitrogens is 1. The second-order valence-electron chi connectivity index (χ2n) is 14.6. The maximum atomic E-state index is 9.52. The van der Waals surface area contributed by atoms with Gasteiger partial charge >= 0.3 is 0 Å². The van der Waals surface area contributed by atoms with Crippen molar-refractivity contribution >= 4 is 32.3 Å². The van der Waals surface area contributed by atoms with Crippen molar-refractivity contribution in [1.82, 2.24) is 4.98 Å². The van der Waals surface area contributed by atoms with Crippen LogP contribution in [0.1, 0.15) is 5.56 Å². The molecule has 0 aliphatic heterocycles. The quantitative estimate of drug-likeness (QED) is 0.178. The van der Waals surface area contributed by atoms with Gasteiger partial charge in [0.15, 0.2) is 0 Å². The summed E-state index contributed by atoms with van der Waals surface area (Å²) >= 11 is 0. The van der Waals surface area contributed by atoms with Crippen LogP contribution in [0, 0.1) is 11.3 Å². The van der Waals surface area contributed by atoms with Crippen molar-refractivity contribution in [1.29, 1.82) is 5.26 Å². The van der Waals surface area contributed by atoms with E-state index in [4.69, 9.17) is 4.98 Å². The SMILES string of the molecule is N#Cc1ccc(-c2ccc3c4c(ccc(-c5ccc(-c6cc(-c7ccc8ccccc8c7)nc(-c7ccc8ccccc8c7)c6)cc5)c24)-c2ccccc2-3)cc1. The second-order valence-corrected chi connectivity index (χ2v) is 14.6. The van der Waals surface area contributed by atoms with Crippen molar-refractivity contribution in [3.05, 3.63) is 200 Å². The van der Waals surface area contributed by atoms with Gasteiger partial charge in [0, 0.05) is 11.1 Å². The Labute approximate surface area is 325 Å². The van der Waals surface area contributed by atoms with Crippen LogP contribution in [0.4, 0.5) is 0 Å². The molecule has 2 nitrogen and oxygen atoms in total. The Kier molecular flexibility index (Phi) is 7.27. The molecular formula is C54H32N2. The summed E-state index contributed by atoms with van der Waals surface area (Å²) < 4.78 is 0. The van der Waals surface area contributed by atoms with Crippen molar-refractivity contribution in [3.8, 4) is 84.2 Å². The monoisotopic (exact) mass is 708 g/mol. The van der Waals surface area contributed by atoms with Gasteiger partial charge in [0.05, 0.1) is 23.0 Å². The highest BCUT2D eigenvalue weighted by atomic mass is 14.7. The van der Waals surface area contributed by atoms with Crippen LogP contribution in [0.3, 0.4) is 0 Å². The first-order valence-electron chi connectivity index (χ1n) is 19.0. The smallest absolute Gasteiger partial charge is 0.0991 e. The van der Waals surface area contributed by atoms with Gasteiger partial charge < -0.3 is 0 Å². The normalized spacial score (nSPS) is 11.6. The van der Waals surface area contributed by atoms with E-state index in [9.17, 15) is 5.26 Å². The minimum Gasteiger partial charge on any atom is -0.248 e. The lowest BCUT2D eigenvalue weighted by Crippen LogP contribution is -1.92. The molecule has 1 aliphatic carbocycles. The van der Waals surface area contributed by atoms with Crippen molar-refractivity contribution < 1.29 is 0 Å². The van der Waals surface area contributed by atoms with Crippen LogP contribution < -0.4 is 0 Å². The largest absolute Gasteiger partial charge is 0.248 e. The Morgan fingerprint density at radius 3 is 1.23 bits per heavy atom. The van der Waals surface area contributed by atoms with Crippen LogP contribution in [-0.4, -0.2) is 4.98 Å². The van der Waals surface area contributed by atoms with Crippen LogP contribution in [-0.2, 0) is 0 Å². The van der Waals surface area contributed by atoms with E-state index in [1.165, 1.54) is 60.1 Å². The highest BCUT2D eigenvalue weighted by Gasteiger charge is 2.25. The van der Waals surface area contributed by atoms with E-state index in [2.05, 4.69) is 188 Å². The minimum atomic E-state index is 0.659. The van der Waals surface area contributed by atoms with E-state index in [1.807, 2.05) is 12.1 Å². The molecule has 0 saturated carbocycles. The molecule has 11 rings (SSSR count). The van der Waals surface area contributed by atoms with E-state index < -0.39 is 0 Å². The standard InChI is InChI=1S/C54H32N2/c55-33-34-13-15-38(16-14-34)45-25-27-49-47-11-5-6-12-48(47)50-28-26-46(53(45)54(49)50)39-21-17-37(18-22-39)44-31-51(42-23-19-35-7-1-3-9-40(35)29-42)56-52(32-44)43-24-20-36-8-2-4-10-41(36)30-43/h1-32H. The third-order valence-electron chi connectivity index (χ3n) is 11.4. The fourth-order valence-corrected chi connectivity index (χ4v) is 8.64. The van der Waals surface area contributed by atoms with Crippen molar-refractivity contribution in [2.45, 2.75) is 0 Å². The zero-order valence-corrected chi connectivity index (χ0v) is 30.4. The molecular weight excluding hydrogens is 677 g/mol. The molecule has 0 atom stereocenters. The van der Waals surface area contributed by atoms with Gasteiger partial charge in [-0.15, -0.1) is 0 Å². The third kappa shape index (κ3) is 5.22. The van der Waals surface area contributed by atoms with Gasteiger partial charge in [-0.05, 0) is 124 Å². The number of nitriles is 1. The number of pyridine rings is 1. The number of hydrogen-bond donors (Lipinski definition) is 0. The second kappa shape index (κ2) is 12.8. The zero-order chi connectivity index (χ0) is 37.2. The van der Waals surface area contributed by atoms with E-state index in [0.717, 1.165) is 50.3 Å². The zero-order valence-electron chi connectivity index (χ0n) is 30.4. The number of benzene rings is 9. The summed E-state index contributed by atoms with van der Waals surface area (Å²) in [6, 6.07) is 71.7. The molecule has 1 aromatic heterocycles. The lowest BCUT2D eigenvalue weighted by atomic mass is 9.88. The number of fused-ring (bicyclic) bond motifs is 5. The van der Waals surface area contributed by atoms with Crippen LogP contribution in [0.5, 0.6) is 0 Å². The molecule has 0 saturated heterocycles. The first-order valence-corrected chi connectivity index (χ1v) is 19.0. The molecule has 258 valence electrons. The Morgan fingerprint density at radius 1 is 0.304 bits per heavy atom. The van der Waals surface area contributed by atoms with E-state index in [1.54, 1.807) is 0 Å². The topological polar surface area (TPSA) is 36.7 Å². The Bertz CT molecular complexity index is 3110. The maximum absolute atomic E-state index is 9.52. The molecule has 1 aliphatic rings. The summed E-state index contributed by atoms with van der Waals surface area (Å²) in [4.78, 5) is 5.28. The van der Waals surface area contributed by atoms with Crippen molar-refractivity contribution in [2.24, 2.45) is 0 Å². The minimum absolute atomic E-state index is 0.659. The number of hydrogen-bond acceptors (Lipinski definition) is 2. The van der Waals surface area contributed by atoms with E-state index >= 15 is 0 Å². The van der Waals surface area contributed by atoms with Crippen LogP contribution in [0.25, 0.3) is 110 Å². The fourth-order valence-electron chi connectivity index (χ4n) is 8.64. The number of rotatable bonds is 5. The Hall–Kier alpha value is -7.60. The molecule has 0 N–H and O–H groups in total. The molecule has 0 spiro atoms. The molecule has 9 aromatic carbocycles. The van der Waals surface area contributed by atoms with Crippen LogP contribution >= 0.6 is 0 Å². The third-order valence-corrected chi connectivity index (χ3v) is 11.4. The van der Waals surface area contributed by atoms with E-state index in [0.29, 0.717) is 5.56 Å². The first-order chi connectivity index (χ1) is 27.7. The predicted molar refractivity (Wildman–Crippen MR) is 233 cm³/mol. The summed E-state index contributed by atoms with van der Waals surface area (Å²) in [6.07, 6.45) is 0. The lowest BCUT2D eigenvalue weighted by Gasteiger charge is -2.16. The van der Waals surface area contributed by atoms with Gasteiger partial charge in [-0.3, -0.25) is 0 Å². The van der Waals surface area contributed by atoms with Crippen molar-refractivity contribution in [2.75, 3.05) is 0 Å². The van der Waals surface area contributed by atoms with Gasteiger partial charge in [-0.1, -0.05) is 158 Å². The summed E-state index contributed by atoms with van der Waals surface area (Å²) in [6.45, 7) is 0. The van der Waals surface area contributed by atoms with Gasteiger partial charge in [0.2, 0.25) is 0 Å². The van der Waals surface area contributed by atoms with Gasteiger partial charge in [0.1, 0.15) is 0 Å². The summed E-state index contributed by atoms with van der Waals surface area (Å²) in [5.41, 5.74) is 16.7.